The van der Waals surface area contributed by atoms with E-state index >= 15 is 0 Å². The van der Waals surface area contributed by atoms with Crippen molar-refractivity contribution in [2.45, 2.75) is 32.1 Å². The zero-order valence-electron chi connectivity index (χ0n) is 10.5. The average molecular weight is 227 g/mol. The van der Waals surface area contributed by atoms with E-state index in [1.165, 1.54) is 32.1 Å². The average Bonchev–Trinajstić information content (AvgIpc) is 3.03. The summed E-state index contributed by atoms with van der Waals surface area (Å²) < 4.78 is 10.9. The second-order valence-corrected chi connectivity index (χ2v) is 5.48. The van der Waals surface area contributed by atoms with Crippen LogP contribution < -0.4 is 5.32 Å². The van der Waals surface area contributed by atoms with Crippen molar-refractivity contribution in [2.75, 3.05) is 40.0 Å². The van der Waals surface area contributed by atoms with Crippen molar-refractivity contribution in [3.63, 3.8) is 0 Å². The van der Waals surface area contributed by atoms with Gasteiger partial charge in [0.15, 0.2) is 0 Å². The Balaban J connectivity index is 1.57. The van der Waals surface area contributed by atoms with Gasteiger partial charge in [0, 0.05) is 32.2 Å². The van der Waals surface area contributed by atoms with Gasteiger partial charge in [-0.15, -0.1) is 0 Å². The minimum atomic E-state index is 0.447. The van der Waals surface area contributed by atoms with Gasteiger partial charge in [-0.1, -0.05) is 6.42 Å². The quantitative estimate of drug-likeness (QED) is 0.609. The van der Waals surface area contributed by atoms with Crippen LogP contribution in [0.1, 0.15) is 32.1 Å². The lowest BCUT2D eigenvalue weighted by atomic mass is 9.69. The first-order valence-corrected chi connectivity index (χ1v) is 6.62. The maximum absolute atomic E-state index is 5.85. The van der Waals surface area contributed by atoms with E-state index in [0.717, 1.165) is 38.8 Å². The molecule has 0 saturated heterocycles. The normalized spacial score (nSPS) is 23.1. The number of nitrogens with one attached hydrogen (secondary N) is 1. The first-order chi connectivity index (χ1) is 7.85. The van der Waals surface area contributed by atoms with Crippen molar-refractivity contribution < 1.29 is 9.47 Å². The van der Waals surface area contributed by atoms with Crippen molar-refractivity contribution in [1.82, 2.24) is 5.32 Å². The highest BCUT2D eigenvalue weighted by Gasteiger charge is 2.37. The number of rotatable bonds is 9. The lowest BCUT2D eigenvalue weighted by Crippen LogP contribution is -2.44. The van der Waals surface area contributed by atoms with Gasteiger partial charge >= 0.3 is 0 Å². The molecule has 94 valence electrons. The van der Waals surface area contributed by atoms with E-state index in [-0.39, 0.29) is 0 Å². The summed E-state index contributed by atoms with van der Waals surface area (Å²) in [7, 11) is 1.75. The first kappa shape index (κ1) is 12.3. The summed E-state index contributed by atoms with van der Waals surface area (Å²) in [4.78, 5) is 0. The highest BCUT2D eigenvalue weighted by Crippen LogP contribution is 2.41. The summed E-state index contributed by atoms with van der Waals surface area (Å²) in [6.45, 7) is 4.82. The zero-order valence-corrected chi connectivity index (χ0v) is 10.5. The minimum absolute atomic E-state index is 0.447. The second kappa shape index (κ2) is 5.99. The van der Waals surface area contributed by atoms with Gasteiger partial charge in [0.05, 0.1) is 13.2 Å². The van der Waals surface area contributed by atoms with Gasteiger partial charge in [-0.2, -0.15) is 0 Å². The summed E-state index contributed by atoms with van der Waals surface area (Å²) in [6, 6.07) is 0. The van der Waals surface area contributed by atoms with E-state index in [1.54, 1.807) is 7.11 Å². The molecule has 2 aliphatic carbocycles. The molecular formula is C13H25NO2. The zero-order chi connectivity index (χ0) is 11.3. The molecule has 0 unspecified atom stereocenters. The van der Waals surface area contributed by atoms with Crippen LogP contribution in [0.2, 0.25) is 0 Å². The summed E-state index contributed by atoms with van der Waals surface area (Å²) in [6.07, 6.45) is 6.81. The SMILES string of the molecule is COCCNCC1(COCC2CC2)CCC1. The summed E-state index contributed by atoms with van der Waals surface area (Å²) in [5.41, 5.74) is 0.447. The van der Waals surface area contributed by atoms with Crippen molar-refractivity contribution in [2.24, 2.45) is 11.3 Å². The van der Waals surface area contributed by atoms with Gasteiger partial charge < -0.3 is 14.8 Å². The molecule has 0 radical (unpaired) electrons. The van der Waals surface area contributed by atoms with E-state index in [1.807, 2.05) is 0 Å². The molecule has 3 heteroatoms. The summed E-state index contributed by atoms with van der Waals surface area (Å²) in [5.74, 6) is 0.888. The smallest absolute Gasteiger partial charge is 0.0587 e. The molecule has 0 spiro atoms. The Morgan fingerprint density at radius 3 is 2.69 bits per heavy atom. The molecule has 0 amide bonds. The molecule has 0 bridgehead atoms. The van der Waals surface area contributed by atoms with Crippen molar-refractivity contribution >= 4 is 0 Å². The Kier molecular flexibility index (Phi) is 4.62. The highest BCUT2D eigenvalue weighted by atomic mass is 16.5. The highest BCUT2D eigenvalue weighted by molar-refractivity contribution is 4.89. The van der Waals surface area contributed by atoms with Crippen molar-refractivity contribution in [3.05, 3.63) is 0 Å². The molecule has 0 heterocycles. The number of hydrogen-bond acceptors (Lipinski definition) is 3. The lowest BCUT2D eigenvalue weighted by Gasteiger charge is -2.42. The molecular weight excluding hydrogens is 202 g/mol. The van der Waals surface area contributed by atoms with Gasteiger partial charge in [-0.3, -0.25) is 0 Å². The molecule has 0 atom stereocenters. The summed E-state index contributed by atoms with van der Waals surface area (Å²) in [5, 5.41) is 3.48. The molecule has 0 aromatic heterocycles. The third-order valence-electron chi connectivity index (χ3n) is 3.86. The van der Waals surface area contributed by atoms with Gasteiger partial charge in [-0.05, 0) is 31.6 Å². The largest absolute Gasteiger partial charge is 0.383 e. The summed E-state index contributed by atoms with van der Waals surface area (Å²) >= 11 is 0. The van der Waals surface area contributed by atoms with Gasteiger partial charge in [0.2, 0.25) is 0 Å². The molecule has 2 fully saturated rings. The predicted octanol–water partition coefficient (Wildman–Crippen LogP) is 1.82. The Hall–Kier alpha value is -0.120. The van der Waals surface area contributed by atoms with E-state index in [4.69, 9.17) is 9.47 Å². The van der Waals surface area contributed by atoms with Crippen LogP contribution in [-0.4, -0.2) is 40.0 Å². The lowest BCUT2D eigenvalue weighted by molar-refractivity contribution is -0.00978. The monoisotopic (exact) mass is 227 g/mol. The van der Waals surface area contributed by atoms with Crippen molar-refractivity contribution in [3.8, 4) is 0 Å². The maximum atomic E-state index is 5.85. The predicted molar refractivity (Wildman–Crippen MR) is 64.6 cm³/mol. The number of methoxy groups -OCH3 is 1. The van der Waals surface area contributed by atoms with Gasteiger partial charge in [-0.25, -0.2) is 0 Å². The van der Waals surface area contributed by atoms with Crippen LogP contribution in [0.4, 0.5) is 0 Å². The number of ether oxygens (including phenoxy) is 2. The molecule has 16 heavy (non-hydrogen) atoms. The molecule has 0 aliphatic heterocycles. The van der Waals surface area contributed by atoms with Crippen LogP contribution in [0, 0.1) is 11.3 Å². The molecule has 0 aromatic rings. The topological polar surface area (TPSA) is 30.5 Å². The standard InChI is InChI=1S/C13H25NO2/c1-15-8-7-14-10-13(5-2-6-13)11-16-9-12-3-4-12/h12,14H,2-11H2,1H3. The van der Waals surface area contributed by atoms with Crippen LogP contribution in [0.3, 0.4) is 0 Å². The number of hydrogen-bond donors (Lipinski definition) is 1. The van der Waals surface area contributed by atoms with Gasteiger partial charge in [0.1, 0.15) is 0 Å². The fraction of sp³-hybridized carbons (Fsp3) is 1.00. The minimum Gasteiger partial charge on any atom is -0.383 e. The van der Waals surface area contributed by atoms with Crippen LogP contribution in [-0.2, 0) is 9.47 Å². The Morgan fingerprint density at radius 1 is 1.31 bits per heavy atom. The fourth-order valence-electron chi connectivity index (χ4n) is 2.30. The second-order valence-electron chi connectivity index (χ2n) is 5.48. The first-order valence-electron chi connectivity index (χ1n) is 6.62. The molecule has 2 saturated carbocycles. The third kappa shape index (κ3) is 3.72. The molecule has 0 aromatic carbocycles. The maximum Gasteiger partial charge on any atom is 0.0587 e. The van der Waals surface area contributed by atoms with E-state index in [0.29, 0.717) is 5.41 Å². The van der Waals surface area contributed by atoms with Crippen LogP contribution in [0.15, 0.2) is 0 Å². The Labute approximate surface area is 98.9 Å². The fourth-order valence-corrected chi connectivity index (χ4v) is 2.30. The molecule has 2 aliphatic rings. The Bertz CT molecular complexity index is 200. The van der Waals surface area contributed by atoms with E-state index in [2.05, 4.69) is 5.32 Å². The van der Waals surface area contributed by atoms with Gasteiger partial charge in [0.25, 0.3) is 0 Å². The molecule has 3 nitrogen and oxygen atoms in total. The van der Waals surface area contributed by atoms with E-state index in [9.17, 15) is 0 Å². The third-order valence-corrected chi connectivity index (χ3v) is 3.86. The molecule has 2 rings (SSSR count). The van der Waals surface area contributed by atoms with Crippen LogP contribution in [0.25, 0.3) is 0 Å². The van der Waals surface area contributed by atoms with Crippen LogP contribution >= 0.6 is 0 Å². The van der Waals surface area contributed by atoms with Crippen molar-refractivity contribution in [1.29, 1.82) is 0 Å². The molecule has 1 N–H and O–H groups in total. The van der Waals surface area contributed by atoms with E-state index < -0.39 is 0 Å². The Morgan fingerprint density at radius 2 is 2.12 bits per heavy atom. The van der Waals surface area contributed by atoms with Crippen LogP contribution in [0.5, 0.6) is 0 Å².